The smallest absolute Gasteiger partial charge is 0.235 e. The largest absolute Gasteiger partial charge is 0.456 e. The molecule has 0 spiro atoms. The third kappa shape index (κ3) is 3.22. The summed E-state index contributed by atoms with van der Waals surface area (Å²) in [6, 6.07) is 48.9. The molecule has 4 nitrogen and oxygen atoms in total. The molecular weight excluding hydrogens is 538 g/mol. The molecule has 0 aliphatic carbocycles. The van der Waals surface area contributed by atoms with E-state index in [1.165, 1.54) is 32.3 Å². The summed E-state index contributed by atoms with van der Waals surface area (Å²) in [5.41, 5.74) is 6.71. The van der Waals surface area contributed by atoms with E-state index in [-0.39, 0.29) is 0 Å². The summed E-state index contributed by atoms with van der Waals surface area (Å²) in [4.78, 5) is 10.6. The highest BCUT2D eigenvalue weighted by atomic mass is 16.3. The van der Waals surface area contributed by atoms with Gasteiger partial charge in [-0.1, -0.05) is 103 Å². The van der Waals surface area contributed by atoms with Crippen LogP contribution in [-0.4, -0.2) is 14.5 Å². The SMILES string of the molecule is c1ccc2cc3c(cc2c1)c1ccccc1n3-c1nc(-c2cccc3oc4ccc5ccccc5c4c23)c2ccccc2n1. The number of rotatable bonds is 2. The van der Waals surface area contributed by atoms with Crippen molar-refractivity contribution in [3.63, 3.8) is 0 Å². The lowest BCUT2D eigenvalue weighted by molar-refractivity contribution is 0.669. The fraction of sp³-hybridized carbons (Fsp3) is 0. The average Bonchev–Trinajstić information content (AvgIpc) is 3.62. The van der Waals surface area contributed by atoms with Gasteiger partial charge in [-0.05, 0) is 57.9 Å². The lowest BCUT2D eigenvalue weighted by atomic mass is 9.97. The van der Waals surface area contributed by atoms with Gasteiger partial charge >= 0.3 is 0 Å². The quantitative estimate of drug-likeness (QED) is 0.211. The minimum absolute atomic E-state index is 0.648. The molecule has 0 aliphatic heterocycles. The minimum atomic E-state index is 0.648. The highest BCUT2D eigenvalue weighted by Gasteiger charge is 2.21. The molecule has 0 unspecified atom stereocenters. The molecule has 0 atom stereocenters. The van der Waals surface area contributed by atoms with Crippen molar-refractivity contribution in [1.29, 1.82) is 0 Å². The van der Waals surface area contributed by atoms with E-state index >= 15 is 0 Å². The molecule has 3 heterocycles. The Labute approximate surface area is 251 Å². The molecule has 10 aromatic rings. The van der Waals surface area contributed by atoms with Gasteiger partial charge in [0.1, 0.15) is 11.2 Å². The number of nitrogens with zero attached hydrogens (tertiary/aromatic N) is 3. The van der Waals surface area contributed by atoms with Crippen molar-refractivity contribution in [2.24, 2.45) is 0 Å². The summed E-state index contributed by atoms with van der Waals surface area (Å²) >= 11 is 0. The average molecular weight is 562 g/mol. The molecule has 4 heteroatoms. The second kappa shape index (κ2) is 8.76. The maximum absolute atomic E-state index is 6.44. The molecule has 3 aromatic heterocycles. The molecule has 44 heavy (non-hydrogen) atoms. The van der Waals surface area contributed by atoms with Crippen molar-refractivity contribution < 1.29 is 4.42 Å². The standard InChI is InChI=1S/C40H23N3O/c1-2-12-26-23-34-31(22-25(26)11-1)28-14-6-8-18-33(28)43(34)40-41-32-17-7-5-15-29(32)39(42-40)30-16-9-19-35-38(30)37-27-13-4-3-10-24(27)20-21-36(37)44-35/h1-23H. The number of aromatic nitrogens is 3. The van der Waals surface area contributed by atoms with Crippen molar-refractivity contribution in [1.82, 2.24) is 14.5 Å². The number of furan rings is 1. The van der Waals surface area contributed by atoms with Crippen LogP contribution in [0.2, 0.25) is 0 Å². The molecule has 0 amide bonds. The highest BCUT2D eigenvalue weighted by Crippen LogP contribution is 2.42. The Morgan fingerprint density at radius 3 is 2.05 bits per heavy atom. The second-order valence-corrected chi connectivity index (χ2v) is 11.4. The summed E-state index contributed by atoms with van der Waals surface area (Å²) in [5, 5.41) is 10.3. The van der Waals surface area contributed by atoms with Crippen molar-refractivity contribution in [3.8, 4) is 17.2 Å². The Morgan fingerprint density at radius 2 is 1.16 bits per heavy atom. The van der Waals surface area contributed by atoms with E-state index < -0.39 is 0 Å². The van der Waals surface area contributed by atoms with Gasteiger partial charge in [0.25, 0.3) is 0 Å². The van der Waals surface area contributed by atoms with Gasteiger partial charge in [-0.2, -0.15) is 0 Å². The lowest BCUT2D eigenvalue weighted by Gasteiger charge is -2.13. The van der Waals surface area contributed by atoms with Crippen molar-refractivity contribution in [2.75, 3.05) is 0 Å². The van der Waals surface area contributed by atoms with E-state index in [9.17, 15) is 0 Å². The van der Waals surface area contributed by atoms with E-state index in [1.807, 2.05) is 6.07 Å². The lowest BCUT2D eigenvalue weighted by Crippen LogP contribution is -2.03. The predicted octanol–water partition coefficient (Wildman–Crippen LogP) is 10.6. The molecule has 0 radical (unpaired) electrons. The number of hydrogen-bond donors (Lipinski definition) is 0. The zero-order chi connectivity index (χ0) is 28.8. The summed E-state index contributed by atoms with van der Waals surface area (Å²) < 4.78 is 8.66. The van der Waals surface area contributed by atoms with Gasteiger partial charge in [0.05, 0.1) is 22.2 Å². The van der Waals surface area contributed by atoms with E-state index in [0.29, 0.717) is 5.95 Å². The number of hydrogen-bond acceptors (Lipinski definition) is 3. The van der Waals surface area contributed by atoms with E-state index in [2.05, 4.69) is 138 Å². The van der Waals surface area contributed by atoms with Crippen molar-refractivity contribution in [2.45, 2.75) is 0 Å². The van der Waals surface area contributed by atoms with Crippen LogP contribution in [0.5, 0.6) is 0 Å². The van der Waals surface area contributed by atoms with Gasteiger partial charge in [-0.3, -0.25) is 4.57 Å². The predicted molar refractivity (Wildman–Crippen MR) is 182 cm³/mol. The molecule has 0 fully saturated rings. The summed E-state index contributed by atoms with van der Waals surface area (Å²) in [6.45, 7) is 0. The zero-order valence-electron chi connectivity index (χ0n) is 23.5. The van der Waals surface area contributed by atoms with Crippen LogP contribution in [0.1, 0.15) is 0 Å². The Hall–Kier alpha value is -6.00. The van der Waals surface area contributed by atoms with Gasteiger partial charge in [0.2, 0.25) is 5.95 Å². The maximum atomic E-state index is 6.44. The van der Waals surface area contributed by atoms with Crippen LogP contribution in [0.15, 0.2) is 144 Å². The van der Waals surface area contributed by atoms with Gasteiger partial charge < -0.3 is 4.42 Å². The van der Waals surface area contributed by atoms with Crippen LogP contribution < -0.4 is 0 Å². The molecule has 7 aromatic carbocycles. The van der Waals surface area contributed by atoms with Crippen LogP contribution in [0.4, 0.5) is 0 Å². The number of benzene rings is 7. The molecule has 0 N–H and O–H groups in total. The Morgan fingerprint density at radius 1 is 0.455 bits per heavy atom. The Kier molecular flexibility index (Phi) is 4.69. The van der Waals surface area contributed by atoms with E-state index in [0.717, 1.165) is 55.1 Å². The summed E-state index contributed by atoms with van der Waals surface area (Å²) in [6.07, 6.45) is 0. The minimum Gasteiger partial charge on any atom is -0.456 e. The number of para-hydroxylation sites is 2. The molecule has 0 aliphatic rings. The molecule has 204 valence electrons. The van der Waals surface area contributed by atoms with E-state index in [1.54, 1.807) is 0 Å². The van der Waals surface area contributed by atoms with Gasteiger partial charge in [-0.25, -0.2) is 9.97 Å². The third-order valence-corrected chi connectivity index (χ3v) is 8.97. The maximum Gasteiger partial charge on any atom is 0.235 e. The molecular formula is C40H23N3O. The molecule has 0 saturated carbocycles. The van der Waals surface area contributed by atoms with Gasteiger partial charge in [0, 0.05) is 32.5 Å². The Balaban J connectivity index is 1.35. The van der Waals surface area contributed by atoms with Gasteiger partial charge in [-0.15, -0.1) is 0 Å². The van der Waals surface area contributed by atoms with Crippen LogP contribution in [-0.2, 0) is 0 Å². The van der Waals surface area contributed by atoms with Crippen LogP contribution >= 0.6 is 0 Å². The molecule has 0 bridgehead atoms. The third-order valence-electron chi connectivity index (χ3n) is 8.97. The first kappa shape index (κ1) is 23.6. The fourth-order valence-corrected chi connectivity index (χ4v) is 7.02. The van der Waals surface area contributed by atoms with Crippen molar-refractivity contribution >= 4 is 76.2 Å². The molecule has 10 rings (SSSR count). The highest BCUT2D eigenvalue weighted by molar-refractivity contribution is 6.23. The number of fused-ring (bicyclic) bond motifs is 10. The summed E-state index contributed by atoms with van der Waals surface area (Å²) in [7, 11) is 0. The van der Waals surface area contributed by atoms with Crippen molar-refractivity contribution in [3.05, 3.63) is 140 Å². The topological polar surface area (TPSA) is 43.9 Å². The zero-order valence-corrected chi connectivity index (χ0v) is 23.5. The Bertz CT molecular complexity index is 2790. The first-order chi connectivity index (χ1) is 21.8. The second-order valence-electron chi connectivity index (χ2n) is 11.4. The monoisotopic (exact) mass is 561 g/mol. The van der Waals surface area contributed by atoms with Crippen LogP contribution in [0.3, 0.4) is 0 Å². The van der Waals surface area contributed by atoms with Crippen LogP contribution in [0, 0.1) is 0 Å². The van der Waals surface area contributed by atoms with Gasteiger partial charge in [0.15, 0.2) is 0 Å². The first-order valence-corrected chi connectivity index (χ1v) is 14.8. The fourth-order valence-electron chi connectivity index (χ4n) is 7.02. The van der Waals surface area contributed by atoms with E-state index in [4.69, 9.17) is 14.4 Å². The summed E-state index contributed by atoms with van der Waals surface area (Å²) in [5.74, 6) is 0.648. The molecule has 0 saturated heterocycles. The van der Waals surface area contributed by atoms with Crippen LogP contribution in [0.25, 0.3) is 93.4 Å². The first-order valence-electron chi connectivity index (χ1n) is 14.8. The normalized spacial score (nSPS) is 12.1.